The fourth-order valence-electron chi connectivity index (χ4n) is 2.49. The average Bonchev–Trinajstić information content (AvgIpc) is 2.64. The SMILES string of the molecule is CC(C)(C)OC(=O)n1c(CCl)cc(C(C)(C)C)c1[Si](C)(C)C. The highest BCUT2D eigenvalue weighted by Crippen LogP contribution is 2.27. The molecule has 0 aliphatic rings. The Labute approximate surface area is 141 Å². The highest BCUT2D eigenvalue weighted by atomic mass is 35.5. The summed E-state index contributed by atoms with van der Waals surface area (Å²) in [6, 6.07) is 2.07. The van der Waals surface area contributed by atoms with Crippen LogP contribution in [-0.2, 0) is 16.0 Å². The van der Waals surface area contributed by atoms with E-state index in [1.807, 2.05) is 20.8 Å². The standard InChI is InChI=1S/C17H30ClNO2Si/c1-16(2,3)13-10-12(11-18)19(14(13)22(7,8)9)15(20)21-17(4,5)6/h10H,11H2,1-9H3. The summed E-state index contributed by atoms with van der Waals surface area (Å²) in [4.78, 5) is 12.8. The Kier molecular flexibility index (Phi) is 5.30. The maximum Gasteiger partial charge on any atom is 0.418 e. The van der Waals surface area contributed by atoms with Crippen LogP contribution in [0.15, 0.2) is 6.07 Å². The minimum absolute atomic E-state index is 0.0380. The summed E-state index contributed by atoms with van der Waals surface area (Å²) in [5.74, 6) is 0.298. The Bertz CT molecular complexity index is 557. The van der Waals surface area contributed by atoms with Crippen molar-refractivity contribution in [3.05, 3.63) is 17.3 Å². The molecule has 0 aromatic carbocycles. The molecular weight excluding hydrogens is 314 g/mol. The molecule has 0 radical (unpaired) electrons. The van der Waals surface area contributed by atoms with Gasteiger partial charge in [-0.05, 0) is 37.8 Å². The summed E-state index contributed by atoms with van der Waals surface area (Å²) < 4.78 is 7.34. The van der Waals surface area contributed by atoms with Crippen LogP contribution in [0.3, 0.4) is 0 Å². The maximum atomic E-state index is 12.8. The average molecular weight is 344 g/mol. The Morgan fingerprint density at radius 1 is 1.18 bits per heavy atom. The van der Waals surface area contributed by atoms with Crippen molar-refractivity contribution in [2.24, 2.45) is 0 Å². The molecule has 0 amide bonds. The predicted octanol–water partition coefficient (Wildman–Crippen LogP) is 4.85. The van der Waals surface area contributed by atoms with Gasteiger partial charge in [0.05, 0.1) is 14.0 Å². The number of hydrogen-bond donors (Lipinski definition) is 0. The van der Waals surface area contributed by atoms with E-state index in [0.29, 0.717) is 5.88 Å². The van der Waals surface area contributed by atoms with Crippen molar-refractivity contribution in [3.63, 3.8) is 0 Å². The van der Waals surface area contributed by atoms with Crippen LogP contribution in [-0.4, -0.2) is 24.3 Å². The van der Waals surface area contributed by atoms with Crippen molar-refractivity contribution in [3.8, 4) is 0 Å². The summed E-state index contributed by atoms with van der Waals surface area (Å²) in [6.07, 6.45) is -0.323. The van der Waals surface area contributed by atoms with Crippen molar-refractivity contribution in [1.82, 2.24) is 4.57 Å². The number of alkyl halides is 1. The van der Waals surface area contributed by atoms with E-state index < -0.39 is 13.7 Å². The first-order valence-electron chi connectivity index (χ1n) is 7.73. The quantitative estimate of drug-likeness (QED) is 0.567. The zero-order valence-electron chi connectivity index (χ0n) is 15.4. The number of rotatable bonds is 2. The lowest BCUT2D eigenvalue weighted by atomic mass is 9.89. The number of carbonyl (C=O) groups is 1. The van der Waals surface area contributed by atoms with Gasteiger partial charge in [0.15, 0.2) is 0 Å². The number of hydrogen-bond acceptors (Lipinski definition) is 2. The second kappa shape index (κ2) is 6.04. The smallest absolute Gasteiger partial charge is 0.418 e. The van der Waals surface area contributed by atoms with Crippen LogP contribution in [0.1, 0.15) is 52.8 Å². The minimum atomic E-state index is -1.76. The molecule has 1 aromatic heterocycles. The molecule has 0 aliphatic carbocycles. The Balaban J connectivity index is 3.61. The third kappa shape index (κ3) is 4.39. The van der Waals surface area contributed by atoms with Crippen molar-refractivity contribution < 1.29 is 9.53 Å². The van der Waals surface area contributed by atoms with E-state index in [2.05, 4.69) is 46.5 Å². The first kappa shape index (κ1) is 19.3. The van der Waals surface area contributed by atoms with E-state index in [1.54, 1.807) is 4.57 Å². The number of halogens is 1. The first-order chi connectivity index (χ1) is 9.68. The predicted molar refractivity (Wildman–Crippen MR) is 97.3 cm³/mol. The zero-order chi connectivity index (χ0) is 17.5. The molecule has 0 saturated carbocycles. The van der Waals surface area contributed by atoms with E-state index in [4.69, 9.17) is 16.3 Å². The molecule has 0 aliphatic heterocycles. The molecule has 22 heavy (non-hydrogen) atoms. The molecule has 0 N–H and O–H groups in total. The lowest BCUT2D eigenvalue weighted by Crippen LogP contribution is -2.49. The van der Waals surface area contributed by atoms with Gasteiger partial charge in [-0.2, -0.15) is 0 Å². The molecule has 0 bridgehead atoms. The molecule has 5 heteroatoms. The number of nitrogens with zero attached hydrogens (tertiary/aromatic N) is 1. The Morgan fingerprint density at radius 2 is 1.68 bits per heavy atom. The highest BCUT2D eigenvalue weighted by molar-refractivity contribution is 6.88. The molecular formula is C17H30ClNO2Si. The molecule has 1 aromatic rings. The van der Waals surface area contributed by atoms with E-state index in [1.165, 1.54) is 5.56 Å². The molecule has 1 heterocycles. The van der Waals surface area contributed by atoms with Crippen molar-refractivity contribution >= 4 is 31.1 Å². The Morgan fingerprint density at radius 3 is 2.00 bits per heavy atom. The van der Waals surface area contributed by atoms with Crippen LogP contribution in [0.5, 0.6) is 0 Å². The molecule has 0 unspecified atom stereocenters. The summed E-state index contributed by atoms with van der Waals surface area (Å²) in [5.41, 5.74) is 1.46. The number of aromatic nitrogens is 1. The largest absolute Gasteiger partial charge is 0.443 e. The van der Waals surface area contributed by atoms with Gasteiger partial charge >= 0.3 is 6.09 Å². The van der Waals surface area contributed by atoms with Gasteiger partial charge in [-0.15, -0.1) is 11.6 Å². The van der Waals surface area contributed by atoms with Gasteiger partial charge in [0.25, 0.3) is 0 Å². The fourth-order valence-corrected chi connectivity index (χ4v) is 4.85. The third-order valence-corrected chi connectivity index (χ3v) is 5.50. The second-order valence-electron chi connectivity index (χ2n) is 8.85. The number of ether oxygens (including phenoxy) is 1. The summed E-state index contributed by atoms with van der Waals surface area (Å²) >= 11 is 6.12. The van der Waals surface area contributed by atoms with Crippen molar-refractivity contribution in [1.29, 1.82) is 0 Å². The normalized spacial score (nSPS) is 13.4. The number of carbonyl (C=O) groups excluding carboxylic acids is 1. The van der Waals surface area contributed by atoms with Crippen LogP contribution in [0.2, 0.25) is 19.6 Å². The van der Waals surface area contributed by atoms with Gasteiger partial charge in [0.1, 0.15) is 5.60 Å². The first-order valence-corrected chi connectivity index (χ1v) is 11.8. The van der Waals surface area contributed by atoms with E-state index in [0.717, 1.165) is 11.0 Å². The maximum absolute atomic E-state index is 12.8. The summed E-state index contributed by atoms with van der Waals surface area (Å²) in [5, 5.41) is 1.12. The molecule has 0 fully saturated rings. The molecule has 0 atom stereocenters. The van der Waals surface area contributed by atoms with Crippen LogP contribution < -0.4 is 5.32 Å². The van der Waals surface area contributed by atoms with Gasteiger partial charge in [0.2, 0.25) is 0 Å². The van der Waals surface area contributed by atoms with Crippen molar-refractivity contribution in [2.45, 2.75) is 78.1 Å². The topological polar surface area (TPSA) is 31.2 Å². The van der Waals surface area contributed by atoms with Gasteiger partial charge in [0, 0.05) is 11.0 Å². The van der Waals surface area contributed by atoms with E-state index >= 15 is 0 Å². The third-order valence-electron chi connectivity index (χ3n) is 3.31. The van der Waals surface area contributed by atoms with E-state index in [9.17, 15) is 4.79 Å². The minimum Gasteiger partial charge on any atom is -0.443 e. The van der Waals surface area contributed by atoms with Gasteiger partial charge in [-0.1, -0.05) is 40.4 Å². The van der Waals surface area contributed by atoms with Gasteiger partial charge in [-0.25, -0.2) is 4.79 Å². The van der Waals surface area contributed by atoms with Crippen LogP contribution in [0.25, 0.3) is 0 Å². The summed E-state index contributed by atoms with van der Waals surface area (Å²) in [7, 11) is -1.76. The molecule has 1 rings (SSSR count). The van der Waals surface area contributed by atoms with Crippen molar-refractivity contribution in [2.75, 3.05) is 0 Å². The van der Waals surface area contributed by atoms with Gasteiger partial charge < -0.3 is 4.74 Å². The molecule has 0 saturated heterocycles. The van der Waals surface area contributed by atoms with Gasteiger partial charge in [-0.3, -0.25) is 4.57 Å². The Hall–Kier alpha value is -0.743. The lowest BCUT2D eigenvalue weighted by molar-refractivity contribution is 0.0538. The second-order valence-corrected chi connectivity index (χ2v) is 14.1. The molecule has 0 spiro atoms. The monoisotopic (exact) mass is 343 g/mol. The molecule has 3 nitrogen and oxygen atoms in total. The zero-order valence-corrected chi connectivity index (χ0v) is 17.2. The van der Waals surface area contributed by atoms with Crippen LogP contribution in [0, 0.1) is 0 Å². The summed E-state index contributed by atoms with van der Waals surface area (Å²) in [6.45, 7) is 18.9. The van der Waals surface area contributed by atoms with Crippen LogP contribution >= 0.6 is 11.6 Å². The highest BCUT2D eigenvalue weighted by Gasteiger charge is 2.35. The van der Waals surface area contributed by atoms with E-state index in [-0.39, 0.29) is 11.5 Å². The fraction of sp³-hybridized carbons (Fsp3) is 0.706. The molecule has 126 valence electrons. The van der Waals surface area contributed by atoms with Crippen LogP contribution in [0.4, 0.5) is 4.79 Å². The lowest BCUT2D eigenvalue weighted by Gasteiger charge is -2.28.